The monoisotopic (exact) mass is 540 g/mol. The summed E-state index contributed by atoms with van der Waals surface area (Å²) in [6.07, 6.45) is -1.39. The fourth-order valence-electron chi connectivity index (χ4n) is 4.17. The molecule has 3 aromatic rings. The fourth-order valence-corrected chi connectivity index (χ4v) is 5.33. The Morgan fingerprint density at radius 1 is 1.05 bits per heavy atom. The lowest BCUT2D eigenvalue weighted by atomic mass is 9.98. The van der Waals surface area contributed by atoms with Crippen molar-refractivity contribution in [3.63, 3.8) is 0 Å². The molecule has 3 aromatic carbocycles. The fraction of sp³-hybridized carbons (Fsp3) is 0.231. The highest BCUT2D eigenvalue weighted by Crippen LogP contribution is 2.35. The highest BCUT2D eigenvalue weighted by atomic mass is 32.2. The Balaban J connectivity index is 1.61. The van der Waals surface area contributed by atoms with E-state index in [1.165, 1.54) is 17.0 Å². The molecule has 38 heavy (non-hydrogen) atoms. The zero-order valence-electron chi connectivity index (χ0n) is 20.7. The summed E-state index contributed by atoms with van der Waals surface area (Å²) >= 11 is 0. The first-order valence-corrected chi connectivity index (χ1v) is 13.1. The molecule has 11 nitrogen and oxygen atoms in total. The van der Waals surface area contributed by atoms with E-state index in [-0.39, 0.29) is 23.7 Å². The van der Waals surface area contributed by atoms with Crippen LogP contribution in [0.1, 0.15) is 21.5 Å². The molecule has 0 aliphatic carbocycles. The number of nitrogens with zero attached hydrogens (tertiary/aromatic N) is 1. The van der Waals surface area contributed by atoms with Gasteiger partial charge < -0.3 is 30.5 Å². The second-order valence-electron chi connectivity index (χ2n) is 8.74. The van der Waals surface area contributed by atoms with E-state index in [0.29, 0.717) is 28.3 Å². The molecule has 1 heterocycles. The number of anilines is 1. The maximum absolute atomic E-state index is 12.9. The van der Waals surface area contributed by atoms with Crippen LogP contribution in [0.25, 0.3) is 0 Å². The summed E-state index contributed by atoms with van der Waals surface area (Å²) in [4.78, 5) is 26.3. The van der Waals surface area contributed by atoms with Crippen LogP contribution in [0, 0.1) is 6.92 Å². The maximum Gasteiger partial charge on any atom is 0.329 e. The van der Waals surface area contributed by atoms with Gasteiger partial charge in [0.2, 0.25) is 12.7 Å². The van der Waals surface area contributed by atoms with Crippen molar-refractivity contribution in [2.75, 3.05) is 18.7 Å². The number of likely N-dealkylation sites (N-methyl/N-ethyl adjacent to an activating group) is 1. The van der Waals surface area contributed by atoms with Crippen LogP contribution < -0.4 is 30.1 Å². The maximum atomic E-state index is 12.9. The Labute approximate surface area is 220 Å². The van der Waals surface area contributed by atoms with E-state index in [1.807, 2.05) is 4.72 Å². The lowest BCUT2D eigenvalue weighted by Gasteiger charge is -2.33. The third kappa shape index (κ3) is 5.82. The van der Waals surface area contributed by atoms with Gasteiger partial charge in [-0.15, -0.1) is 0 Å². The van der Waals surface area contributed by atoms with Crippen LogP contribution in [-0.4, -0.2) is 51.6 Å². The molecule has 4 rings (SSSR count). The van der Waals surface area contributed by atoms with Crippen LogP contribution in [0.4, 0.5) is 10.5 Å². The number of carbonyl (C=O) groups is 2. The highest BCUT2D eigenvalue weighted by Gasteiger charge is 2.29. The van der Waals surface area contributed by atoms with Gasteiger partial charge in [0.1, 0.15) is 6.23 Å². The zero-order valence-corrected chi connectivity index (χ0v) is 21.6. The molecular formula is C26H28N4O7S. The lowest BCUT2D eigenvalue weighted by Crippen LogP contribution is -2.55. The van der Waals surface area contributed by atoms with E-state index < -0.39 is 34.2 Å². The SMILES string of the molecule is Cc1ccccc1S(=O)(=O)NC(=O)N[C@@H](Cc1ccccc1C(N)=O)C(O)N(C)c1ccc2c(c1)OCO2. The minimum atomic E-state index is -4.20. The molecule has 0 saturated heterocycles. The van der Waals surface area contributed by atoms with Crippen molar-refractivity contribution in [3.05, 3.63) is 83.4 Å². The highest BCUT2D eigenvalue weighted by molar-refractivity contribution is 7.90. The molecular weight excluding hydrogens is 512 g/mol. The topological polar surface area (TPSA) is 160 Å². The van der Waals surface area contributed by atoms with Gasteiger partial charge in [-0.05, 0) is 48.7 Å². The Kier molecular flexibility index (Phi) is 7.74. The van der Waals surface area contributed by atoms with Crippen LogP contribution in [0.15, 0.2) is 71.6 Å². The Morgan fingerprint density at radius 3 is 2.47 bits per heavy atom. The third-order valence-electron chi connectivity index (χ3n) is 6.17. The summed E-state index contributed by atoms with van der Waals surface area (Å²) < 4.78 is 38.4. The van der Waals surface area contributed by atoms with Crippen LogP contribution in [0.2, 0.25) is 0 Å². The summed E-state index contributed by atoms with van der Waals surface area (Å²) in [5.41, 5.74) is 7.20. The number of primary amides is 1. The number of aliphatic hydroxyl groups is 1. The number of aliphatic hydroxyl groups excluding tert-OH is 1. The predicted octanol–water partition coefficient (Wildman–Crippen LogP) is 1.88. The van der Waals surface area contributed by atoms with Crippen molar-refractivity contribution < 1.29 is 32.6 Å². The van der Waals surface area contributed by atoms with E-state index in [2.05, 4.69) is 5.32 Å². The molecule has 2 atom stereocenters. The molecule has 12 heteroatoms. The zero-order chi connectivity index (χ0) is 27.4. The summed E-state index contributed by atoms with van der Waals surface area (Å²) in [6.45, 7) is 1.69. The van der Waals surface area contributed by atoms with Crippen molar-refractivity contribution in [1.82, 2.24) is 10.0 Å². The number of amides is 3. The molecule has 1 aliphatic rings. The second kappa shape index (κ2) is 11.0. The van der Waals surface area contributed by atoms with E-state index in [4.69, 9.17) is 15.2 Å². The predicted molar refractivity (Wildman–Crippen MR) is 139 cm³/mol. The molecule has 5 N–H and O–H groups in total. The Hall–Kier alpha value is -4.29. The number of hydrogen-bond acceptors (Lipinski definition) is 8. The molecule has 1 unspecified atom stereocenters. The first kappa shape index (κ1) is 26.8. The van der Waals surface area contributed by atoms with Gasteiger partial charge in [0.15, 0.2) is 11.5 Å². The number of fused-ring (bicyclic) bond motifs is 1. The summed E-state index contributed by atoms with van der Waals surface area (Å²) in [6, 6.07) is 15.7. The first-order valence-electron chi connectivity index (χ1n) is 11.6. The van der Waals surface area contributed by atoms with E-state index in [1.54, 1.807) is 68.6 Å². The van der Waals surface area contributed by atoms with Gasteiger partial charge in [-0.2, -0.15) is 0 Å². The molecule has 0 bridgehead atoms. The normalized spacial score (nSPS) is 13.9. The van der Waals surface area contributed by atoms with Gasteiger partial charge in [0.05, 0.1) is 10.9 Å². The molecule has 0 radical (unpaired) electrons. The number of sulfonamides is 1. The number of carbonyl (C=O) groups excluding carboxylic acids is 2. The smallest absolute Gasteiger partial charge is 0.329 e. The molecule has 0 aromatic heterocycles. The van der Waals surface area contributed by atoms with Crippen molar-refractivity contribution in [3.8, 4) is 11.5 Å². The van der Waals surface area contributed by atoms with E-state index in [0.717, 1.165) is 0 Å². The lowest BCUT2D eigenvalue weighted by molar-refractivity contribution is 0.0997. The molecule has 0 spiro atoms. The van der Waals surface area contributed by atoms with Gasteiger partial charge in [-0.3, -0.25) is 4.79 Å². The van der Waals surface area contributed by atoms with Gasteiger partial charge >= 0.3 is 6.03 Å². The number of ether oxygens (including phenoxy) is 2. The van der Waals surface area contributed by atoms with Crippen molar-refractivity contribution in [2.24, 2.45) is 5.73 Å². The Bertz CT molecular complexity index is 1460. The minimum Gasteiger partial charge on any atom is -0.454 e. The molecule has 200 valence electrons. The Morgan fingerprint density at radius 2 is 1.74 bits per heavy atom. The number of aryl methyl sites for hydroxylation is 1. The minimum absolute atomic E-state index is 0.0347. The number of benzene rings is 3. The van der Waals surface area contributed by atoms with Crippen LogP contribution in [0.3, 0.4) is 0 Å². The van der Waals surface area contributed by atoms with Crippen LogP contribution >= 0.6 is 0 Å². The second-order valence-corrected chi connectivity index (χ2v) is 10.4. The number of nitrogens with two attached hydrogens (primary N) is 1. The van der Waals surface area contributed by atoms with Gasteiger partial charge in [0.25, 0.3) is 10.0 Å². The van der Waals surface area contributed by atoms with Gasteiger partial charge in [0, 0.05) is 24.4 Å². The average molecular weight is 541 g/mol. The quantitative estimate of drug-likeness (QED) is 0.299. The number of urea groups is 1. The number of rotatable bonds is 9. The van der Waals surface area contributed by atoms with Crippen molar-refractivity contribution in [2.45, 2.75) is 30.5 Å². The van der Waals surface area contributed by atoms with E-state index in [9.17, 15) is 23.1 Å². The van der Waals surface area contributed by atoms with E-state index >= 15 is 0 Å². The first-order chi connectivity index (χ1) is 18.1. The van der Waals surface area contributed by atoms with Crippen LogP contribution in [0.5, 0.6) is 11.5 Å². The molecule has 0 fully saturated rings. The standard InChI is InChI=1S/C26H28N4O7S/c1-16-7-3-6-10-23(16)38(34,35)29-26(33)28-20(13-17-8-4-5-9-19(17)24(27)31)25(32)30(2)18-11-12-21-22(14-18)37-15-36-21/h3-12,14,20,25,32H,13,15H2,1-2H3,(H2,27,31)(H2,28,29,33)/t20-,25?/m0/s1. The summed E-state index contributed by atoms with van der Waals surface area (Å²) in [5.74, 6) is 0.374. The number of hydrogen-bond donors (Lipinski definition) is 4. The van der Waals surface area contributed by atoms with Crippen LogP contribution in [-0.2, 0) is 16.4 Å². The van der Waals surface area contributed by atoms with Gasteiger partial charge in [-0.25, -0.2) is 17.9 Å². The number of nitrogens with one attached hydrogen (secondary N) is 2. The molecule has 1 aliphatic heterocycles. The van der Waals surface area contributed by atoms with Crippen molar-refractivity contribution in [1.29, 1.82) is 0 Å². The summed E-state index contributed by atoms with van der Waals surface area (Å²) in [7, 11) is -2.60. The average Bonchev–Trinajstić information content (AvgIpc) is 3.35. The summed E-state index contributed by atoms with van der Waals surface area (Å²) in [5, 5.41) is 13.9. The molecule has 3 amide bonds. The van der Waals surface area contributed by atoms with Gasteiger partial charge in [-0.1, -0.05) is 36.4 Å². The largest absolute Gasteiger partial charge is 0.454 e. The molecule has 0 saturated carbocycles. The third-order valence-corrected chi connectivity index (χ3v) is 7.66. The van der Waals surface area contributed by atoms with Crippen molar-refractivity contribution >= 4 is 27.6 Å².